The van der Waals surface area contributed by atoms with Gasteiger partial charge in [-0.15, -0.1) is 0 Å². The lowest BCUT2D eigenvalue weighted by Gasteiger charge is -2.29. The Morgan fingerprint density at radius 3 is 2.80 bits per heavy atom. The first-order valence-electron chi connectivity index (χ1n) is 5.31. The van der Waals surface area contributed by atoms with Crippen molar-refractivity contribution in [2.45, 2.75) is 31.1 Å². The topological polar surface area (TPSA) is 58.2 Å². The Bertz CT molecular complexity index is 280. The third kappa shape index (κ3) is 4.72. The Balaban J connectivity index is 2.25. The number of sulfonamides is 1. The summed E-state index contributed by atoms with van der Waals surface area (Å²) in [7, 11) is -1.60. The summed E-state index contributed by atoms with van der Waals surface area (Å²) < 4.78 is 24.6. The molecule has 0 aromatic heterocycles. The van der Waals surface area contributed by atoms with Crippen LogP contribution >= 0.6 is 11.8 Å². The summed E-state index contributed by atoms with van der Waals surface area (Å²) >= 11 is 1.96. The largest absolute Gasteiger partial charge is 0.312 e. The Hall–Kier alpha value is 0.220. The predicted molar refractivity (Wildman–Crippen MR) is 65.8 cm³/mol. The second-order valence-corrected chi connectivity index (χ2v) is 7.33. The summed E-state index contributed by atoms with van der Waals surface area (Å²) in [6.07, 6.45) is 2.39. The van der Waals surface area contributed by atoms with E-state index in [0.29, 0.717) is 17.8 Å². The summed E-state index contributed by atoms with van der Waals surface area (Å²) in [6, 6.07) is 0.468. The first-order chi connectivity index (χ1) is 7.05. The van der Waals surface area contributed by atoms with Crippen molar-refractivity contribution in [3.63, 3.8) is 0 Å². The third-order valence-corrected chi connectivity index (χ3v) is 5.44. The average Bonchev–Trinajstić information content (AvgIpc) is 2.21. The van der Waals surface area contributed by atoms with Gasteiger partial charge in [0.2, 0.25) is 10.0 Å². The third-order valence-electron chi connectivity index (χ3n) is 2.70. The molecule has 6 heteroatoms. The Morgan fingerprint density at radius 2 is 2.20 bits per heavy atom. The van der Waals surface area contributed by atoms with Crippen LogP contribution in [0.4, 0.5) is 0 Å². The summed E-state index contributed by atoms with van der Waals surface area (Å²) in [5.41, 5.74) is 0. The van der Waals surface area contributed by atoms with Crippen molar-refractivity contribution in [1.29, 1.82) is 0 Å². The number of hydrogen-bond donors (Lipinski definition) is 2. The van der Waals surface area contributed by atoms with E-state index in [4.69, 9.17) is 0 Å². The van der Waals surface area contributed by atoms with Crippen molar-refractivity contribution in [2.24, 2.45) is 0 Å². The molecule has 0 saturated carbocycles. The molecule has 4 nitrogen and oxygen atoms in total. The molecule has 1 aliphatic rings. The van der Waals surface area contributed by atoms with E-state index in [1.54, 1.807) is 0 Å². The highest BCUT2D eigenvalue weighted by Gasteiger charge is 2.21. The summed E-state index contributed by atoms with van der Waals surface area (Å²) in [4.78, 5) is 0. The highest BCUT2D eigenvalue weighted by Crippen LogP contribution is 2.24. The molecule has 15 heavy (non-hydrogen) atoms. The average molecular weight is 252 g/mol. The van der Waals surface area contributed by atoms with E-state index >= 15 is 0 Å². The van der Waals surface area contributed by atoms with Gasteiger partial charge in [0.25, 0.3) is 0 Å². The minimum atomic E-state index is -3.06. The summed E-state index contributed by atoms with van der Waals surface area (Å²) in [5, 5.41) is 3.92. The lowest BCUT2D eigenvalue weighted by atomic mass is 10.1. The predicted octanol–water partition coefficient (Wildman–Crippen LogP) is 0.409. The zero-order chi connectivity index (χ0) is 11.3. The maximum Gasteiger partial charge on any atom is 0.212 e. The molecule has 0 bridgehead atoms. The zero-order valence-electron chi connectivity index (χ0n) is 9.32. The normalized spacial score (nSPS) is 27.9. The fourth-order valence-electron chi connectivity index (χ4n) is 1.67. The van der Waals surface area contributed by atoms with Crippen LogP contribution in [0.15, 0.2) is 0 Å². The minimum absolute atomic E-state index is 0.164. The molecule has 0 aliphatic carbocycles. The molecule has 0 aromatic carbocycles. The lowest BCUT2D eigenvalue weighted by molar-refractivity contribution is 0.473. The fraction of sp³-hybridized carbons (Fsp3) is 1.00. The van der Waals surface area contributed by atoms with Crippen LogP contribution < -0.4 is 10.0 Å². The van der Waals surface area contributed by atoms with Gasteiger partial charge in [-0.3, -0.25) is 0 Å². The van der Waals surface area contributed by atoms with E-state index in [1.165, 1.54) is 19.2 Å². The lowest BCUT2D eigenvalue weighted by Crippen LogP contribution is -2.42. The van der Waals surface area contributed by atoms with Gasteiger partial charge in [0, 0.05) is 17.8 Å². The van der Waals surface area contributed by atoms with Gasteiger partial charge in [-0.25, -0.2) is 13.1 Å². The number of hydrogen-bond acceptors (Lipinski definition) is 4. The number of nitrogens with one attached hydrogen (secondary N) is 2. The highest BCUT2D eigenvalue weighted by molar-refractivity contribution is 7.99. The molecule has 1 aliphatic heterocycles. The van der Waals surface area contributed by atoms with Crippen molar-refractivity contribution in [2.75, 3.05) is 25.1 Å². The van der Waals surface area contributed by atoms with Crippen molar-refractivity contribution in [3.8, 4) is 0 Å². The summed E-state index contributed by atoms with van der Waals surface area (Å²) in [6.45, 7) is 2.74. The molecule has 0 spiro atoms. The van der Waals surface area contributed by atoms with Crippen molar-refractivity contribution in [1.82, 2.24) is 10.0 Å². The van der Waals surface area contributed by atoms with Gasteiger partial charge in [-0.1, -0.05) is 6.92 Å². The van der Waals surface area contributed by atoms with Gasteiger partial charge in [-0.2, -0.15) is 11.8 Å². The number of rotatable bonds is 5. The van der Waals surface area contributed by atoms with Crippen LogP contribution in [0, 0.1) is 0 Å². The van der Waals surface area contributed by atoms with Gasteiger partial charge < -0.3 is 5.32 Å². The molecule has 2 N–H and O–H groups in total. The molecule has 1 rings (SSSR count). The van der Waals surface area contributed by atoms with Gasteiger partial charge >= 0.3 is 0 Å². The summed E-state index contributed by atoms with van der Waals surface area (Å²) in [5.74, 6) is 1.39. The Kier molecular flexibility index (Phi) is 5.38. The van der Waals surface area contributed by atoms with Gasteiger partial charge in [0.05, 0.1) is 5.75 Å². The van der Waals surface area contributed by atoms with Crippen LogP contribution in [-0.4, -0.2) is 44.8 Å². The SMILES string of the molecule is CNS(=O)(=O)CCNC1CCCSC1C. The molecule has 1 fully saturated rings. The molecular formula is C9H20N2O2S2. The zero-order valence-corrected chi connectivity index (χ0v) is 11.0. The monoisotopic (exact) mass is 252 g/mol. The van der Waals surface area contributed by atoms with E-state index in [0.717, 1.165) is 6.42 Å². The quantitative estimate of drug-likeness (QED) is 0.744. The van der Waals surface area contributed by atoms with Crippen molar-refractivity contribution in [3.05, 3.63) is 0 Å². The Labute approximate surface area is 96.6 Å². The standard InChI is InChI=1S/C9H20N2O2S2/c1-8-9(4-3-6-14-8)11-5-7-15(12,13)10-2/h8-11H,3-7H2,1-2H3. The minimum Gasteiger partial charge on any atom is -0.312 e. The van der Waals surface area contributed by atoms with E-state index in [1.807, 2.05) is 11.8 Å². The van der Waals surface area contributed by atoms with Gasteiger partial charge in [0.15, 0.2) is 0 Å². The smallest absolute Gasteiger partial charge is 0.212 e. The second kappa shape index (κ2) is 6.08. The molecule has 1 saturated heterocycles. The van der Waals surface area contributed by atoms with Crippen LogP contribution in [0.25, 0.3) is 0 Å². The first-order valence-corrected chi connectivity index (χ1v) is 8.01. The van der Waals surface area contributed by atoms with Gasteiger partial charge in [-0.05, 0) is 25.6 Å². The molecular weight excluding hydrogens is 232 g/mol. The molecule has 90 valence electrons. The van der Waals surface area contributed by atoms with E-state index in [-0.39, 0.29) is 5.75 Å². The molecule has 0 amide bonds. The maximum absolute atomic E-state index is 11.2. The van der Waals surface area contributed by atoms with E-state index in [9.17, 15) is 8.42 Å². The molecule has 2 atom stereocenters. The molecule has 2 unspecified atom stereocenters. The van der Waals surface area contributed by atoms with Crippen LogP contribution in [0.5, 0.6) is 0 Å². The van der Waals surface area contributed by atoms with Crippen molar-refractivity contribution >= 4 is 21.8 Å². The second-order valence-electron chi connectivity index (χ2n) is 3.80. The van der Waals surface area contributed by atoms with Gasteiger partial charge in [0.1, 0.15) is 0 Å². The first kappa shape index (κ1) is 13.3. The Morgan fingerprint density at radius 1 is 1.47 bits per heavy atom. The van der Waals surface area contributed by atoms with Crippen molar-refractivity contribution < 1.29 is 8.42 Å². The van der Waals surface area contributed by atoms with Crippen LogP contribution in [-0.2, 0) is 10.0 Å². The van der Waals surface area contributed by atoms with E-state index < -0.39 is 10.0 Å². The van der Waals surface area contributed by atoms with Crippen LogP contribution in [0.2, 0.25) is 0 Å². The fourth-order valence-corrected chi connectivity index (χ4v) is 3.43. The molecule has 0 radical (unpaired) electrons. The highest BCUT2D eigenvalue weighted by atomic mass is 32.2. The number of thioether (sulfide) groups is 1. The maximum atomic E-state index is 11.2. The molecule has 1 heterocycles. The van der Waals surface area contributed by atoms with Crippen LogP contribution in [0.3, 0.4) is 0 Å². The van der Waals surface area contributed by atoms with E-state index in [2.05, 4.69) is 17.0 Å². The van der Waals surface area contributed by atoms with Crippen LogP contribution in [0.1, 0.15) is 19.8 Å². The molecule has 0 aromatic rings.